The largest absolute Gasteiger partial charge is 0.382 e. The maximum absolute atomic E-state index is 13.5. The van der Waals surface area contributed by atoms with Crippen molar-refractivity contribution in [2.45, 2.75) is 137 Å². The van der Waals surface area contributed by atoms with Gasteiger partial charge in [-0.05, 0) is 105 Å². The Kier molecular flexibility index (Phi) is 18.6. The lowest BCUT2D eigenvalue weighted by molar-refractivity contribution is -0.131. The van der Waals surface area contributed by atoms with Crippen LogP contribution in [-0.4, -0.2) is 68.8 Å². The molecule has 0 aromatic rings. The molecule has 0 aromatic carbocycles. The lowest BCUT2D eigenvalue weighted by Gasteiger charge is -2.28. The number of nitrogens with one attached hydrogen (secondary N) is 3. The van der Waals surface area contributed by atoms with Gasteiger partial charge in [-0.25, -0.2) is 0 Å². The van der Waals surface area contributed by atoms with Gasteiger partial charge in [0.1, 0.15) is 0 Å². The van der Waals surface area contributed by atoms with Crippen molar-refractivity contribution in [2.24, 2.45) is 11.3 Å². The van der Waals surface area contributed by atoms with E-state index in [0.29, 0.717) is 39.1 Å². The highest BCUT2D eigenvalue weighted by Gasteiger charge is 2.28. The Morgan fingerprint density at radius 1 is 0.711 bits per heavy atom. The summed E-state index contributed by atoms with van der Waals surface area (Å²) in [6, 6.07) is -0.430. The van der Waals surface area contributed by atoms with Gasteiger partial charge in [0.15, 0.2) is 5.78 Å². The third-order valence-electron chi connectivity index (χ3n) is 6.29. The molecule has 0 fully saturated rings. The van der Waals surface area contributed by atoms with Gasteiger partial charge in [0.2, 0.25) is 5.91 Å². The first-order chi connectivity index (χ1) is 17.5. The molecule has 0 aliphatic heterocycles. The van der Waals surface area contributed by atoms with Crippen molar-refractivity contribution in [3.05, 3.63) is 0 Å². The van der Waals surface area contributed by atoms with E-state index in [-0.39, 0.29) is 34.1 Å². The maximum Gasteiger partial charge on any atom is 0.223 e. The minimum Gasteiger partial charge on any atom is -0.382 e. The third-order valence-corrected chi connectivity index (χ3v) is 6.29. The summed E-state index contributed by atoms with van der Waals surface area (Å²) in [5, 5.41) is 10.2. The second-order valence-corrected chi connectivity index (χ2v) is 14.0. The van der Waals surface area contributed by atoms with Gasteiger partial charge in [0.25, 0.3) is 0 Å². The van der Waals surface area contributed by atoms with Gasteiger partial charge in [-0.1, -0.05) is 27.2 Å². The summed E-state index contributed by atoms with van der Waals surface area (Å²) >= 11 is 0. The molecule has 2 unspecified atom stereocenters. The van der Waals surface area contributed by atoms with Crippen molar-refractivity contribution in [1.82, 2.24) is 16.0 Å². The van der Waals surface area contributed by atoms with Gasteiger partial charge >= 0.3 is 0 Å². The first-order valence-electron chi connectivity index (χ1n) is 14.9. The monoisotopic (exact) mass is 541 g/mol. The molecule has 0 saturated carbocycles. The Morgan fingerprint density at radius 2 is 1.26 bits per heavy atom. The van der Waals surface area contributed by atoms with E-state index in [2.05, 4.69) is 78.3 Å². The minimum atomic E-state index is -0.430. The van der Waals surface area contributed by atoms with E-state index >= 15 is 0 Å². The Morgan fingerprint density at radius 3 is 1.76 bits per heavy atom. The fourth-order valence-electron chi connectivity index (χ4n) is 4.35. The molecule has 38 heavy (non-hydrogen) atoms. The molecular weight excluding hydrogens is 478 g/mol. The van der Waals surface area contributed by atoms with Crippen LogP contribution in [0.15, 0.2) is 0 Å². The predicted molar refractivity (Wildman–Crippen MR) is 160 cm³/mol. The average molecular weight is 542 g/mol. The van der Waals surface area contributed by atoms with E-state index in [0.717, 1.165) is 51.6 Å². The number of rotatable bonds is 21. The Bertz CT molecular complexity index is 633. The van der Waals surface area contributed by atoms with Crippen LogP contribution in [0.5, 0.6) is 0 Å². The quantitative estimate of drug-likeness (QED) is 0.163. The topological polar surface area (TPSA) is 88.7 Å². The number of methoxy groups -OCH3 is 1. The number of unbranched alkanes of at least 4 members (excludes halogenated alkanes) is 2. The molecule has 0 spiro atoms. The van der Waals surface area contributed by atoms with Gasteiger partial charge < -0.3 is 25.4 Å². The van der Waals surface area contributed by atoms with E-state index in [1.807, 2.05) is 0 Å². The minimum absolute atomic E-state index is 0.0335. The van der Waals surface area contributed by atoms with Gasteiger partial charge in [-0.3, -0.25) is 9.59 Å². The van der Waals surface area contributed by atoms with Crippen LogP contribution in [0.4, 0.5) is 0 Å². The second-order valence-electron chi connectivity index (χ2n) is 14.0. The molecular formula is C31H63N3O4. The lowest BCUT2D eigenvalue weighted by Crippen LogP contribution is -2.44. The Hall–Kier alpha value is -1.02. The van der Waals surface area contributed by atoms with Crippen molar-refractivity contribution >= 4 is 11.7 Å². The van der Waals surface area contributed by atoms with Crippen LogP contribution in [0, 0.1) is 11.3 Å². The second kappa shape index (κ2) is 19.1. The number of carbonyl (C=O) groups excluding carboxylic acids is 2. The van der Waals surface area contributed by atoms with Crippen molar-refractivity contribution in [1.29, 1.82) is 0 Å². The predicted octanol–water partition coefficient (Wildman–Crippen LogP) is 5.65. The van der Waals surface area contributed by atoms with Crippen LogP contribution >= 0.6 is 0 Å². The molecule has 0 radical (unpaired) electrons. The van der Waals surface area contributed by atoms with Crippen molar-refractivity contribution in [3.63, 3.8) is 0 Å². The van der Waals surface area contributed by atoms with E-state index in [1.54, 1.807) is 7.11 Å². The van der Waals surface area contributed by atoms with Gasteiger partial charge in [0.05, 0.1) is 19.3 Å². The van der Waals surface area contributed by atoms with Crippen LogP contribution in [0.25, 0.3) is 0 Å². The van der Waals surface area contributed by atoms with Crippen molar-refractivity contribution in [3.8, 4) is 0 Å². The number of ether oxygens (including phenoxy) is 2. The number of carbonyl (C=O) groups is 2. The lowest BCUT2D eigenvalue weighted by atomic mass is 9.81. The zero-order valence-electron chi connectivity index (χ0n) is 26.7. The summed E-state index contributed by atoms with van der Waals surface area (Å²) < 4.78 is 10.5. The molecule has 0 heterocycles. The number of ketones is 1. The molecule has 0 aliphatic carbocycles. The fraction of sp³-hybridized carbons (Fsp3) is 0.935. The number of Topliss-reactive ketones (excluding diaryl/α,β-unsaturated/α-hetero) is 1. The van der Waals surface area contributed by atoms with Gasteiger partial charge in [0, 0.05) is 37.1 Å². The zero-order chi connectivity index (χ0) is 29.2. The average Bonchev–Trinajstić information content (AvgIpc) is 2.76. The van der Waals surface area contributed by atoms with E-state index < -0.39 is 6.04 Å². The normalized spacial score (nSPS) is 14.4. The highest BCUT2D eigenvalue weighted by atomic mass is 16.5. The standard InChI is InChI=1S/C31H63N3O4/c1-29(2,3)24-25(16-11-13-19-32-30(4,5)6)28(36)34-26(17-12-14-20-33-31(7,8)9)27(35)18-15-21-38-23-22-37-10/h25-26,32-33H,11-24H2,1-10H3,(H,34,36). The van der Waals surface area contributed by atoms with E-state index in [9.17, 15) is 9.59 Å². The SMILES string of the molecule is COCCOCCCC(=O)C(CCCCNC(C)(C)C)NC(=O)C(CCCCNC(C)(C)C)CC(C)(C)C. The van der Waals surface area contributed by atoms with Crippen molar-refractivity contribution < 1.29 is 19.1 Å². The molecule has 7 heteroatoms. The van der Waals surface area contributed by atoms with Crippen LogP contribution < -0.4 is 16.0 Å². The smallest absolute Gasteiger partial charge is 0.223 e. The molecule has 226 valence electrons. The molecule has 0 aliphatic rings. The number of hydrogen-bond acceptors (Lipinski definition) is 6. The van der Waals surface area contributed by atoms with Crippen molar-refractivity contribution in [2.75, 3.05) is 40.0 Å². The molecule has 2 atom stereocenters. The van der Waals surface area contributed by atoms with E-state index in [4.69, 9.17) is 9.47 Å². The molecule has 0 aromatic heterocycles. The summed E-state index contributed by atoms with van der Waals surface area (Å²) in [7, 11) is 1.65. The molecule has 3 N–H and O–H groups in total. The Balaban J connectivity index is 5.08. The maximum atomic E-state index is 13.5. The van der Waals surface area contributed by atoms with Crippen LogP contribution in [0.3, 0.4) is 0 Å². The molecule has 7 nitrogen and oxygen atoms in total. The summed E-state index contributed by atoms with van der Waals surface area (Å²) in [5.74, 6) is 0.0624. The first kappa shape index (κ1) is 37.0. The molecule has 1 amide bonds. The van der Waals surface area contributed by atoms with Crippen LogP contribution in [0.1, 0.15) is 120 Å². The number of amides is 1. The summed E-state index contributed by atoms with van der Waals surface area (Å²) in [6.07, 6.45) is 7.32. The Labute approximate surface area is 235 Å². The van der Waals surface area contributed by atoms with Crippen LogP contribution in [0.2, 0.25) is 0 Å². The van der Waals surface area contributed by atoms with Crippen LogP contribution in [-0.2, 0) is 19.1 Å². The summed E-state index contributed by atoms with van der Waals surface area (Å²) in [6.45, 7) is 23.0. The summed E-state index contributed by atoms with van der Waals surface area (Å²) in [5.41, 5.74) is 0.227. The fourth-order valence-corrected chi connectivity index (χ4v) is 4.35. The van der Waals surface area contributed by atoms with Gasteiger partial charge in [-0.2, -0.15) is 0 Å². The number of hydrogen-bond donors (Lipinski definition) is 3. The third kappa shape index (κ3) is 22.9. The van der Waals surface area contributed by atoms with Gasteiger partial charge in [-0.15, -0.1) is 0 Å². The summed E-state index contributed by atoms with van der Waals surface area (Å²) in [4.78, 5) is 26.7. The molecule has 0 rings (SSSR count). The zero-order valence-corrected chi connectivity index (χ0v) is 26.7. The molecule has 0 saturated heterocycles. The highest BCUT2D eigenvalue weighted by molar-refractivity contribution is 5.89. The highest BCUT2D eigenvalue weighted by Crippen LogP contribution is 2.28. The molecule has 0 bridgehead atoms. The van der Waals surface area contributed by atoms with E-state index in [1.165, 1.54) is 0 Å². The first-order valence-corrected chi connectivity index (χ1v) is 14.9.